The molecule has 1 aromatic rings. The monoisotopic (exact) mass is 256 g/mol. The molecule has 1 rings (SSSR count). The maximum absolute atomic E-state index is 10.8. The van der Waals surface area contributed by atoms with Gasteiger partial charge in [-0.2, -0.15) is 0 Å². The topological polar surface area (TPSA) is 46.5 Å². The lowest BCUT2D eigenvalue weighted by Crippen LogP contribution is -1.99. The Hall–Kier alpha value is -2.31. The molecule has 3 nitrogen and oxygen atoms in total. The molecule has 0 saturated heterocycles. The molecule has 0 bridgehead atoms. The van der Waals surface area contributed by atoms with Gasteiger partial charge < -0.3 is 9.84 Å². The van der Waals surface area contributed by atoms with E-state index in [0.717, 1.165) is 17.2 Å². The first kappa shape index (κ1) is 14.7. The molecule has 0 amide bonds. The van der Waals surface area contributed by atoms with E-state index in [2.05, 4.69) is 18.4 Å². The minimum atomic E-state index is -0.478. The van der Waals surface area contributed by atoms with E-state index in [1.54, 1.807) is 6.08 Å². The Morgan fingerprint density at radius 2 is 2.16 bits per heavy atom. The van der Waals surface area contributed by atoms with Crippen molar-refractivity contribution in [3.05, 3.63) is 60.2 Å². The molecule has 0 spiro atoms. The van der Waals surface area contributed by atoms with Crippen molar-refractivity contribution in [2.45, 2.75) is 6.42 Å². The van der Waals surface area contributed by atoms with Crippen molar-refractivity contribution in [1.82, 2.24) is 0 Å². The van der Waals surface area contributed by atoms with Crippen LogP contribution in [0.5, 0.6) is 0 Å². The first-order valence-corrected chi connectivity index (χ1v) is 5.89. The van der Waals surface area contributed by atoms with Crippen LogP contribution in [0.1, 0.15) is 11.1 Å². The van der Waals surface area contributed by atoms with Crippen molar-refractivity contribution in [2.24, 2.45) is 0 Å². The summed E-state index contributed by atoms with van der Waals surface area (Å²) in [6.45, 7) is 3.38. The van der Waals surface area contributed by atoms with Crippen molar-refractivity contribution in [3.8, 4) is 11.8 Å². The lowest BCUT2D eigenvalue weighted by atomic mass is 10.0. The summed E-state index contributed by atoms with van der Waals surface area (Å²) in [6, 6.07) is 7.72. The van der Waals surface area contributed by atoms with Crippen LogP contribution in [0.25, 0.3) is 0 Å². The predicted octanol–water partition coefficient (Wildman–Crippen LogP) is 1.86. The normalized spacial score (nSPS) is 9.74. The molecule has 0 aliphatic heterocycles. The fourth-order valence-electron chi connectivity index (χ4n) is 1.40. The standard InChI is InChI=1S/C16H16O3/c1-2-16(18)19-13-7-11-15-9-4-3-8-14(15)10-5-6-12-17/h2-6,8-9,17H,1,10,12-13H2/b6-5+. The number of carbonyl (C=O) groups excluding carboxylic acids is 1. The van der Waals surface area contributed by atoms with Gasteiger partial charge in [0.05, 0.1) is 6.61 Å². The van der Waals surface area contributed by atoms with Crippen LogP contribution in [0.2, 0.25) is 0 Å². The molecule has 3 heteroatoms. The average molecular weight is 256 g/mol. The first-order chi connectivity index (χ1) is 9.27. The summed E-state index contributed by atoms with van der Waals surface area (Å²) in [5, 5.41) is 8.69. The number of hydrogen-bond acceptors (Lipinski definition) is 3. The summed E-state index contributed by atoms with van der Waals surface area (Å²) in [6.07, 6.45) is 5.39. The smallest absolute Gasteiger partial charge is 0.331 e. The van der Waals surface area contributed by atoms with Gasteiger partial charge in [0.15, 0.2) is 6.61 Å². The lowest BCUT2D eigenvalue weighted by Gasteiger charge is -2.00. The van der Waals surface area contributed by atoms with Crippen molar-refractivity contribution in [1.29, 1.82) is 0 Å². The highest BCUT2D eigenvalue weighted by Gasteiger charge is 1.96. The summed E-state index contributed by atoms with van der Waals surface area (Å²) < 4.78 is 4.77. The van der Waals surface area contributed by atoms with Gasteiger partial charge in [0.25, 0.3) is 0 Å². The second kappa shape index (κ2) is 8.73. The minimum absolute atomic E-state index is 0.0331. The lowest BCUT2D eigenvalue weighted by molar-refractivity contribution is -0.136. The number of rotatable bonds is 5. The van der Waals surface area contributed by atoms with Gasteiger partial charge in [0.1, 0.15) is 0 Å². The third-order valence-electron chi connectivity index (χ3n) is 2.30. The van der Waals surface area contributed by atoms with Gasteiger partial charge >= 0.3 is 5.97 Å². The Bertz CT molecular complexity index is 518. The SMILES string of the molecule is C=CC(=O)OCC#Cc1ccccc1C/C=C/CO. The number of allylic oxidation sites excluding steroid dienone is 1. The van der Waals surface area contributed by atoms with Gasteiger partial charge in [-0.15, -0.1) is 0 Å². The minimum Gasteiger partial charge on any atom is -0.449 e. The molecule has 0 heterocycles. The average Bonchev–Trinajstić information content (AvgIpc) is 2.45. The maximum Gasteiger partial charge on any atom is 0.331 e. The van der Waals surface area contributed by atoms with Crippen molar-refractivity contribution >= 4 is 5.97 Å². The quantitative estimate of drug-likeness (QED) is 0.378. The van der Waals surface area contributed by atoms with E-state index >= 15 is 0 Å². The highest BCUT2D eigenvalue weighted by molar-refractivity contribution is 5.81. The summed E-state index contributed by atoms with van der Waals surface area (Å²) in [4.78, 5) is 10.8. The molecule has 0 atom stereocenters. The van der Waals surface area contributed by atoms with Crippen molar-refractivity contribution in [2.75, 3.05) is 13.2 Å². The molecule has 0 radical (unpaired) electrons. The Balaban J connectivity index is 2.67. The van der Waals surface area contributed by atoms with Crippen molar-refractivity contribution in [3.63, 3.8) is 0 Å². The third kappa shape index (κ3) is 5.71. The van der Waals surface area contributed by atoms with E-state index < -0.39 is 5.97 Å². The molecule has 0 saturated carbocycles. The maximum atomic E-state index is 10.8. The number of benzene rings is 1. The van der Waals surface area contributed by atoms with Gasteiger partial charge in [-0.1, -0.05) is 48.8 Å². The van der Waals surface area contributed by atoms with E-state index in [0.29, 0.717) is 6.42 Å². The molecule has 0 aromatic heterocycles. The van der Waals surface area contributed by atoms with E-state index in [4.69, 9.17) is 9.84 Å². The van der Waals surface area contributed by atoms with Crippen LogP contribution in [0.3, 0.4) is 0 Å². The molecule has 1 aromatic carbocycles. The predicted molar refractivity (Wildman–Crippen MR) is 74.4 cm³/mol. The number of carbonyl (C=O) groups is 1. The molecule has 0 aliphatic rings. The molecule has 0 fully saturated rings. The Kier molecular flexibility index (Phi) is 6.78. The van der Waals surface area contributed by atoms with Gasteiger partial charge in [-0.05, 0) is 18.1 Å². The highest BCUT2D eigenvalue weighted by atomic mass is 16.5. The highest BCUT2D eigenvalue weighted by Crippen LogP contribution is 2.08. The van der Waals surface area contributed by atoms with Crippen LogP contribution >= 0.6 is 0 Å². The molecule has 19 heavy (non-hydrogen) atoms. The zero-order valence-electron chi connectivity index (χ0n) is 10.6. The fraction of sp³-hybridized carbons (Fsp3) is 0.188. The van der Waals surface area contributed by atoms with Gasteiger partial charge in [-0.3, -0.25) is 0 Å². The zero-order chi connectivity index (χ0) is 13.9. The molecular formula is C16H16O3. The largest absolute Gasteiger partial charge is 0.449 e. The third-order valence-corrected chi connectivity index (χ3v) is 2.30. The van der Waals surface area contributed by atoms with Gasteiger partial charge in [0, 0.05) is 11.6 Å². The summed E-state index contributed by atoms with van der Waals surface area (Å²) in [5.41, 5.74) is 1.95. The van der Waals surface area contributed by atoms with Crippen molar-refractivity contribution < 1.29 is 14.6 Å². The number of ether oxygens (including phenoxy) is 1. The van der Waals surface area contributed by atoms with E-state index in [-0.39, 0.29) is 13.2 Å². The number of aliphatic hydroxyl groups excluding tert-OH is 1. The Labute approximate surface area is 113 Å². The van der Waals surface area contributed by atoms with Crippen LogP contribution in [-0.4, -0.2) is 24.3 Å². The van der Waals surface area contributed by atoms with E-state index in [1.165, 1.54) is 0 Å². The van der Waals surface area contributed by atoms with Crippen LogP contribution in [-0.2, 0) is 16.0 Å². The number of aliphatic hydroxyl groups is 1. The summed E-state index contributed by atoms with van der Waals surface area (Å²) >= 11 is 0. The Morgan fingerprint density at radius 3 is 2.89 bits per heavy atom. The van der Waals surface area contributed by atoms with Crippen LogP contribution in [0, 0.1) is 11.8 Å². The molecular weight excluding hydrogens is 240 g/mol. The second-order valence-corrected chi connectivity index (χ2v) is 3.63. The van der Waals surface area contributed by atoms with Gasteiger partial charge in [-0.25, -0.2) is 4.79 Å². The van der Waals surface area contributed by atoms with Gasteiger partial charge in [0.2, 0.25) is 0 Å². The van der Waals surface area contributed by atoms with Crippen LogP contribution in [0.4, 0.5) is 0 Å². The van der Waals surface area contributed by atoms with Crippen LogP contribution in [0.15, 0.2) is 49.1 Å². The Morgan fingerprint density at radius 1 is 1.37 bits per heavy atom. The molecule has 0 unspecified atom stereocenters. The zero-order valence-corrected chi connectivity index (χ0v) is 10.6. The second-order valence-electron chi connectivity index (χ2n) is 3.63. The first-order valence-electron chi connectivity index (χ1n) is 5.89. The fourth-order valence-corrected chi connectivity index (χ4v) is 1.40. The number of hydrogen-bond donors (Lipinski definition) is 1. The molecule has 98 valence electrons. The van der Waals surface area contributed by atoms with Crippen LogP contribution < -0.4 is 0 Å². The van der Waals surface area contributed by atoms with E-state index in [1.807, 2.05) is 30.3 Å². The molecule has 0 aliphatic carbocycles. The van der Waals surface area contributed by atoms with E-state index in [9.17, 15) is 4.79 Å². The summed E-state index contributed by atoms with van der Waals surface area (Å²) in [7, 11) is 0. The molecule has 1 N–H and O–H groups in total. The number of esters is 1. The summed E-state index contributed by atoms with van der Waals surface area (Å²) in [5.74, 6) is 5.27.